The van der Waals surface area contributed by atoms with Crippen LogP contribution >= 0.6 is 0 Å². The van der Waals surface area contributed by atoms with Crippen molar-refractivity contribution in [2.75, 3.05) is 14.2 Å². The lowest BCUT2D eigenvalue weighted by molar-refractivity contribution is 0.0888. The fourth-order valence-electron chi connectivity index (χ4n) is 3.48. The summed E-state index contributed by atoms with van der Waals surface area (Å²) in [7, 11) is -6.74. The van der Waals surface area contributed by atoms with Crippen LogP contribution in [0.5, 0.6) is 0 Å². The predicted molar refractivity (Wildman–Crippen MR) is 108 cm³/mol. The summed E-state index contributed by atoms with van der Waals surface area (Å²) in [6.45, 7) is 0. The van der Waals surface area contributed by atoms with Gasteiger partial charge < -0.3 is 0 Å². The smallest absolute Gasteiger partial charge is 0.293 e. The third-order valence-electron chi connectivity index (χ3n) is 5.03. The SMILES string of the molecule is COS(=O)(=O)c1cc(S(=O)(=O)OC)c2nc(C3C(=O)c4ccccc4C3=O)ccc2c1. The van der Waals surface area contributed by atoms with E-state index in [1.165, 1.54) is 18.2 Å². The van der Waals surface area contributed by atoms with Gasteiger partial charge in [-0.3, -0.25) is 22.9 Å². The maximum absolute atomic E-state index is 12.8. The monoisotopic (exact) mass is 461 g/mol. The number of carbonyl (C=O) groups excluding carboxylic acids is 2. The largest absolute Gasteiger partial charge is 0.298 e. The number of carbonyl (C=O) groups is 2. The minimum absolute atomic E-state index is 0.0496. The second kappa shape index (κ2) is 7.31. The Morgan fingerprint density at radius 1 is 0.806 bits per heavy atom. The van der Waals surface area contributed by atoms with Crippen molar-refractivity contribution in [1.82, 2.24) is 4.98 Å². The Hall–Kier alpha value is -2.99. The summed E-state index contributed by atoms with van der Waals surface area (Å²) in [6, 6.07) is 11.2. The zero-order valence-corrected chi connectivity index (χ0v) is 17.9. The van der Waals surface area contributed by atoms with E-state index in [4.69, 9.17) is 0 Å². The average Bonchev–Trinajstić information content (AvgIpc) is 3.02. The number of pyridine rings is 1. The molecular weight excluding hydrogens is 446 g/mol. The van der Waals surface area contributed by atoms with Gasteiger partial charge in [-0.05, 0) is 18.2 Å². The highest BCUT2D eigenvalue weighted by Crippen LogP contribution is 2.35. The average molecular weight is 461 g/mol. The molecule has 0 N–H and O–H groups in total. The first-order valence-electron chi connectivity index (χ1n) is 8.84. The molecule has 1 aromatic heterocycles. The molecule has 0 amide bonds. The van der Waals surface area contributed by atoms with E-state index in [-0.39, 0.29) is 27.7 Å². The van der Waals surface area contributed by atoms with Crippen molar-refractivity contribution >= 4 is 42.7 Å². The molecule has 31 heavy (non-hydrogen) atoms. The summed E-state index contributed by atoms with van der Waals surface area (Å²) >= 11 is 0. The molecule has 9 nitrogen and oxygen atoms in total. The second-order valence-electron chi connectivity index (χ2n) is 6.68. The molecule has 160 valence electrons. The quantitative estimate of drug-likeness (QED) is 0.413. The van der Waals surface area contributed by atoms with E-state index in [9.17, 15) is 26.4 Å². The number of hydrogen-bond acceptors (Lipinski definition) is 9. The predicted octanol–water partition coefficient (Wildman–Crippen LogP) is 2.07. The highest BCUT2D eigenvalue weighted by molar-refractivity contribution is 7.87. The van der Waals surface area contributed by atoms with Gasteiger partial charge in [0, 0.05) is 16.5 Å². The van der Waals surface area contributed by atoms with Gasteiger partial charge in [0.15, 0.2) is 11.6 Å². The Bertz CT molecular complexity index is 1440. The first-order valence-corrected chi connectivity index (χ1v) is 11.7. The van der Waals surface area contributed by atoms with Gasteiger partial charge in [0.2, 0.25) is 0 Å². The molecule has 0 bridgehead atoms. The van der Waals surface area contributed by atoms with Crippen molar-refractivity contribution in [3.05, 3.63) is 65.4 Å². The Morgan fingerprint density at radius 3 is 1.94 bits per heavy atom. The van der Waals surface area contributed by atoms with Gasteiger partial charge >= 0.3 is 0 Å². The number of aromatic nitrogens is 1. The summed E-state index contributed by atoms with van der Waals surface area (Å²) in [5, 5.41) is 0.146. The highest BCUT2D eigenvalue weighted by atomic mass is 32.2. The zero-order valence-electron chi connectivity index (χ0n) is 16.2. The third kappa shape index (κ3) is 3.35. The Labute approximate surface area is 177 Å². The molecule has 1 aliphatic rings. The standard InChI is InChI=1S/C20H15NO8S2/c1-28-30(24,25)12-9-11-7-8-15(21-18(11)16(10-12)31(26,27)29-2)17-19(22)13-5-3-4-6-14(13)20(17)23/h3-10,17H,1-2H3. The van der Waals surface area contributed by atoms with Crippen LogP contribution in [0.15, 0.2) is 58.3 Å². The van der Waals surface area contributed by atoms with Crippen LogP contribution in [0.4, 0.5) is 0 Å². The van der Waals surface area contributed by atoms with Crippen LogP contribution in [-0.4, -0.2) is 47.6 Å². The molecule has 0 radical (unpaired) electrons. The minimum Gasteiger partial charge on any atom is -0.293 e. The van der Waals surface area contributed by atoms with Gasteiger partial charge in [-0.1, -0.05) is 30.3 Å². The highest BCUT2D eigenvalue weighted by Gasteiger charge is 2.40. The van der Waals surface area contributed by atoms with Gasteiger partial charge in [-0.15, -0.1) is 0 Å². The van der Waals surface area contributed by atoms with Crippen LogP contribution in [0.2, 0.25) is 0 Å². The fraction of sp³-hybridized carbons (Fsp3) is 0.150. The number of fused-ring (bicyclic) bond motifs is 2. The van der Waals surface area contributed by atoms with E-state index >= 15 is 0 Å². The van der Waals surface area contributed by atoms with Crippen molar-refractivity contribution in [1.29, 1.82) is 0 Å². The molecule has 11 heteroatoms. The summed E-state index contributed by atoms with van der Waals surface area (Å²) in [6.07, 6.45) is 0. The second-order valence-corrected chi connectivity index (χ2v) is 10.1. The van der Waals surface area contributed by atoms with Crippen molar-refractivity contribution in [2.24, 2.45) is 0 Å². The zero-order chi connectivity index (χ0) is 22.6. The van der Waals surface area contributed by atoms with Crippen molar-refractivity contribution in [3.8, 4) is 0 Å². The van der Waals surface area contributed by atoms with E-state index in [1.54, 1.807) is 24.3 Å². The number of Topliss-reactive ketones (excluding diaryl/α,β-unsaturated/α-hetero) is 2. The van der Waals surface area contributed by atoms with E-state index < -0.39 is 47.5 Å². The molecule has 2 aromatic carbocycles. The molecule has 0 saturated carbocycles. The molecule has 1 aliphatic carbocycles. The summed E-state index contributed by atoms with van der Waals surface area (Å²) in [4.78, 5) is 28.9. The van der Waals surface area contributed by atoms with Gasteiger partial charge in [0.1, 0.15) is 10.8 Å². The van der Waals surface area contributed by atoms with Crippen LogP contribution in [0.1, 0.15) is 32.3 Å². The molecule has 0 fully saturated rings. The Balaban J connectivity index is 1.96. The van der Waals surface area contributed by atoms with Crippen LogP contribution in [0.25, 0.3) is 10.9 Å². The maximum atomic E-state index is 12.8. The van der Waals surface area contributed by atoms with E-state index in [0.717, 1.165) is 20.3 Å². The first kappa shape index (κ1) is 21.2. The number of hydrogen-bond donors (Lipinski definition) is 0. The van der Waals surface area contributed by atoms with Gasteiger partial charge in [0.05, 0.1) is 30.3 Å². The van der Waals surface area contributed by atoms with Crippen molar-refractivity contribution < 1.29 is 34.8 Å². The Kier molecular flexibility index (Phi) is 5.01. The molecule has 0 saturated heterocycles. The maximum Gasteiger partial charge on any atom is 0.298 e. The molecule has 0 atom stereocenters. The summed E-state index contributed by atoms with van der Waals surface area (Å²) in [5.41, 5.74) is 0.455. The number of ketones is 2. The molecule has 4 rings (SSSR count). The van der Waals surface area contributed by atoms with Gasteiger partial charge in [-0.2, -0.15) is 16.8 Å². The number of rotatable bonds is 5. The van der Waals surface area contributed by atoms with Crippen LogP contribution < -0.4 is 0 Å². The van der Waals surface area contributed by atoms with Crippen molar-refractivity contribution in [2.45, 2.75) is 15.7 Å². The van der Waals surface area contributed by atoms with E-state index in [2.05, 4.69) is 13.4 Å². The number of benzene rings is 2. The summed E-state index contributed by atoms with van der Waals surface area (Å²) < 4.78 is 58.3. The van der Waals surface area contributed by atoms with Gasteiger partial charge in [-0.25, -0.2) is 0 Å². The van der Waals surface area contributed by atoms with Crippen LogP contribution in [0.3, 0.4) is 0 Å². The van der Waals surface area contributed by atoms with Crippen LogP contribution in [-0.2, 0) is 28.6 Å². The molecule has 1 heterocycles. The fourth-order valence-corrected chi connectivity index (χ4v) is 5.14. The van der Waals surface area contributed by atoms with Crippen molar-refractivity contribution in [3.63, 3.8) is 0 Å². The first-order chi connectivity index (χ1) is 14.6. The topological polar surface area (TPSA) is 134 Å². The van der Waals surface area contributed by atoms with E-state index in [0.29, 0.717) is 0 Å². The lowest BCUT2D eigenvalue weighted by atomic mass is 9.98. The molecule has 0 spiro atoms. The minimum atomic E-state index is -4.39. The normalized spacial score (nSPS) is 14.9. The molecular formula is C20H15NO8S2. The van der Waals surface area contributed by atoms with Crippen LogP contribution in [0, 0.1) is 0 Å². The molecule has 0 aliphatic heterocycles. The van der Waals surface area contributed by atoms with E-state index in [1.807, 2.05) is 0 Å². The third-order valence-corrected chi connectivity index (χ3v) is 7.57. The lowest BCUT2D eigenvalue weighted by Crippen LogP contribution is -2.15. The van der Waals surface area contributed by atoms with Gasteiger partial charge in [0.25, 0.3) is 20.2 Å². The Morgan fingerprint density at radius 2 is 1.39 bits per heavy atom. The molecule has 3 aromatic rings. The lowest BCUT2D eigenvalue weighted by Gasteiger charge is -2.12. The molecule has 0 unspecified atom stereocenters. The summed E-state index contributed by atoms with van der Waals surface area (Å²) in [5.74, 6) is -2.10. The number of nitrogens with zero attached hydrogens (tertiary/aromatic N) is 1.